The fourth-order valence-electron chi connectivity index (χ4n) is 6.45. The molecule has 0 aliphatic rings. The molecular weight excluding hydrogens is 829 g/mol. The van der Waals surface area contributed by atoms with Gasteiger partial charge in [-0.2, -0.15) is 0 Å². The first-order valence-electron chi connectivity index (χ1n) is 18.7. The zero-order valence-electron chi connectivity index (χ0n) is 33.0. The van der Waals surface area contributed by atoms with Crippen LogP contribution in [0.5, 0.6) is 0 Å². The summed E-state index contributed by atoms with van der Waals surface area (Å²) in [5.74, 6) is 0. The van der Waals surface area contributed by atoms with Crippen LogP contribution in [-0.2, 0) is 25.5 Å². The summed E-state index contributed by atoms with van der Waals surface area (Å²) in [6, 6.07) is 50.8. The summed E-state index contributed by atoms with van der Waals surface area (Å²) < 4.78 is 28.4. The van der Waals surface area contributed by atoms with Crippen LogP contribution in [0, 0.1) is 19.0 Å². The van der Waals surface area contributed by atoms with Crippen molar-refractivity contribution in [2.45, 2.75) is 45.8 Å². The molecule has 3 heterocycles. The van der Waals surface area contributed by atoms with Gasteiger partial charge in [0.05, 0.1) is 13.7 Å². The largest absolute Gasteiger partial charge is 0.500 e. The SMILES string of the molecule is CC(C)(c1ccccc1)c1ccnc(-c2[c-]cc3oc4ccccc4c3c2)c1.[2H]C([2H])([2H])c1c[c-]c(-c2cc(-c3ccccc3)c([Si](C)(C)C)cn2)cc1.[Ir]. The minimum Gasteiger partial charge on any atom is -0.500 e. The van der Waals surface area contributed by atoms with Gasteiger partial charge in [0.2, 0.25) is 0 Å². The van der Waals surface area contributed by atoms with E-state index in [1.165, 1.54) is 27.4 Å². The van der Waals surface area contributed by atoms with Crippen molar-refractivity contribution < 1.29 is 28.6 Å². The Bertz CT molecular complexity index is 2540. The number of aromatic nitrogens is 2. The van der Waals surface area contributed by atoms with Gasteiger partial charge in [-0.3, -0.25) is 0 Å². The van der Waals surface area contributed by atoms with Gasteiger partial charge in [-0.25, -0.2) is 0 Å². The predicted octanol–water partition coefficient (Wildman–Crippen LogP) is 11.8. The van der Waals surface area contributed by atoms with Gasteiger partial charge < -0.3 is 14.4 Å². The second-order valence-electron chi connectivity index (χ2n) is 14.4. The van der Waals surface area contributed by atoms with Gasteiger partial charge in [0.1, 0.15) is 5.58 Å². The summed E-state index contributed by atoms with van der Waals surface area (Å²) in [6.45, 7) is 9.32. The van der Waals surface area contributed by atoms with E-state index in [9.17, 15) is 0 Å². The van der Waals surface area contributed by atoms with Crippen LogP contribution in [0.1, 0.15) is 34.7 Å². The van der Waals surface area contributed by atoms with Crippen molar-refractivity contribution in [1.29, 1.82) is 0 Å². The van der Waals surface area contributed by atoms with E-state index >= 15 is 0 Å². The second kappa shape index (κ2) is 15.4. The number of fused-ring (bicyclic) bond motifs is 3. The number of benzene rings is 5. The fraction of sp³-hybridized carbons (Fsp3) is 0.149. The second-order valence-corrected chi connectivity index (χ2v) is 19.4. The summed E-state index contributed by atoms with van der Waals surface area (Å²) in [5, 5.41) is 3.53. The molecule has 1 radical (unpaired) electrons. The Kier molecular flexibility index (Phi) is 9.72. The molecule has 52 heavy (non-hydrogen) atoms. The summed E-state index contributed by atoms with van der Waals surface area (Å²) in [4.78, 5) is 9.28. The van der Waals surface area contributed by atoms with E-state index in [1.807, 2.05) is 54.9 Å². The molecule has 0 aliphatic carbocycles. The summed E-state index contributed by atoms with van der Waals surface area (Å²) in [6.07, 6.45) is 3.87. The van der Waals surface area contributed by atoms with Crippen LogP contribution in [0.3, 0.4) is 0 Å². The Hall–Kier alpha value is -4.93. The van der Waals surface area contributed by atoms with E-state index in [1.54, 1.807) is 18.2 Å². The Labute approximate surface area is 326 Å². The number of rotatable bonds is 6. The van der Waals surface area contributed by atoms with Gasteiger partial charge in [0.15, 0.2) is 0 Å². The van der Waals surface area contributed by atoms with E-state index < -0.39 is 14.9 Å². The molecule has 5 aromatic carbocycles. The number of aryl methyl sites for hydroxylation is 1. The van der Waals surface area contributed by atoms with Crippen LogP contribution in [0.4, 0.5) is 0 Å². The quantitative estimate of drug-likeness (QED) is 0.123. The maximum absolute atomic E-state index is 7.49. The number of hydrogen-bond acceptors (Lipinski definition) is 3. The molecule has 0 saturated carbocycles. The van der Waals surface area contributed by atoms with Gasteiger partial charge in [0, 0.05) is 47.4 Å². The van der Waals surface area contributed by atoms with Crippen molar-refractivity contribution in [2.75, 3.05) is 0 Å². The van der Waals surface area contributed by atoms with Crippen molar-refractivity contribution in [2.24, 2.45) is 0 Å². The van der Waals surface area contributed by atoms with E-state index in [-0.39, 0.29) is 25.5 Å². The topological polar surface area (TPSA) is 38.9 Å². The first kappa shape index (κ1) is 32.9. The molecule has 261 valence electrons. The number of nitrogens with zero attached hydrogens (tertiary/aromatic N) is 2. The Morgan fingerprint density at radius 1 is 0.654 bits per heavy atom. The molecule has 8 rings (SSSR count). The van der Waals surface area contributed by atoms with Crippen LogP contribution in [-0.4, -0.2) is 18.0 Å². The zero-order chi connectivity index (χ0) is 38.1. The Balaban J connectivity index is 0.000000184. The van der Waals surface area contributed by atoms with Gasteiger partial charge >= 0.3 is 0 Å². The molecular formula is C47H42IrN2OSi-2. The smallest absolute Gasteiger partial charge is 0.120 e. The standard InChI is InChI=1S/C26H20NO.C21H22NSi.Ir/c1-26(2,19-8-4-3-5-9-19)20-14-15-27-23(17-20)18-12-13-25-22(16-18)21-10-6-7-11-24(21)28-25;1-16-10-12-18(13-11-16)20-14-19(17-8-6-5-7-9-17)21(15-22-20)23(2,3)4;/h3-11,13-17H,1-2H3;5-12,14-15H,1-4H3;/q2*-1;/i;1D3;. The van der Waals surface area contributed by atoms with E-state index in [2.05, 4.69) is 128 Å². The average molecular weight is 874 g/mol. The molecule has 0 amide bonds. The van der Waals surface area contributed by atoms with E-state index in [0.717, 1.165) is 44.5 Å². The predicted molar refractivity (Wildman–Crippen MR) is 216 cm³/mol. The molecule has 8 aromatic rings. The molecule has 0 bridgehead atoms. The molecule has 0 unspecified atom stereocenters. The number of pyridine rings is 2. The van der Waals surface area contributed by atoms with E-state index in [4.69, 9.17) is 8.53 Å². The maximum Gasteiger partial charge on any atom is 0.120 e. The molecule has 0 fully saturated rings. The molecule has 0 spiro atoms. The number of furan rings is 1. The fourth-order valence-corrected chi connectivity index (χ4v) is 7.92. The normalized spacial score (nSPS) is 12.6. The maximum atomic E-state index is 7.49. The summed E-state index contributed by atoms with van der Waals surface area (Å²) >= 11 is 0. The third kappa shape index (κ3) is 7.78. The monoisotopic (exact) mass is 874 g/mol. The van der Waals surface area contributed by atoms with Crippen molar-refractivity contribution in [1.82, 2.24) is 9.97 Å². The third-order valence-electron chi connectivity index (χ3n) is 9.45. The van der Waals surface area contributed by atoms with Crippen LogP contribution < -0.4 is 5.19 Å². The molecule has 3 aromatic heterocycles. The first-order valence-corrected chi connectivity index (χ1v) is 20.7. The van der Waals surface area contributed by atoms with Gasteiger partial charge in [-0.15, -0.1) is 59.2 Å². The Morgan fingerprint density at radius 2 is 1.35 bits per heavy atom. The van der Waals surface area contributed by atoms with Gasteiger partial charge in [-0.05, 0) is 51.0 Å². The van der Waals surface area contributed by atoms with E-state index in [0.29, 0.717) is 5.56 Å². The van der Waals surface area contributed by atoms with Crippen LogP contribution >= 0.6 is 0 Å². The van der Waals surface area contributed by atoms with Crippen molar-refractivity contribution in [3.63, 3.8) is 0 Å². The molecule has 0 N–H and O–H groups in total. The van der Waals surface area contributed by atoms with Crippen LogP contribution in [0.15, 0.2) is 150 Å². The zero-order valence-corrected chi connectivity index (χ0v) is 33.4. The Morgan fingerprint density at radius 3 is 2.06 bits per heavy atom. The van der Waals surface area contributed by atoms with Crippen molar-refractivity contribution in [3.8, 4) is 33.6 Å². The molecule has 3 nitrogen and oxygen atoms in total. The molecule has 0 saturated heterocycles. The number of hydrogen-bond donors (Lipinski definition) is 0. The van der Waals surface area contributed by atoms with Crippen molar-refractivity contribution in [3.05, 3.63) is 175 Å². The van der Waals surface area contributed by atoms with Crippen LogP contribution in [0.2, 0.25) is 19.6 Å². The third-order valence-corrected chi connectivity index (χ3v) is 11.5. The molecule has 0 atom stereocenters. The van der Waals surface area contributed by atoms with Gasteiger partial charge in [0.25, 0.3) is 0 Å². The van der Waals surface area contributed by atoms with Crippen LogP contribution in [0.25, 0.3) is 55.6 Å². The van der Waals surface area contributed by atoms with Gasteiger partial charge in [-0.1, -0.05) is 137 Å². The minimum absolute atomic E-state index is 0. The first-order chi connectivity index (χ1) is 25.8. The summed E-state index contributed by atoms with van der Waals surface area (Å²) in [5.41, 5.74) is 10.3. The minimum atomic E-state index is -2.11. The number of para-hydroxylation sites is 1. The average Bonchev–Trinajstić information content (AvgIpc) is 3.56. The molecule has 5 heteroatoms. The molecule has 0 aliphatic heterocycles. The summed E-state index contributed by atoms with van der Waals surface area (Å²) in [7, 11) is -1.57. The van der Waals surface area contributed by atoms with Crippen molar-refractivity contribution >= 4 is 35.2 Å².